The van der Waals surface area contributed by atoms with Crippen molar-refractivity contribution < 1.29 is 4.79 Å². The molecule has 1 aromatic carbocycles. The van der Waals surface area contributed by atoms with E-state index in [0.717, 1.165) is 25.9 Å². The van der Waals surface area contributed by atoms with E-state index < -0.39 is 0 Å². The lowest BCUT2D eigenvalue weighted by Crippen LogP contribution is -2.38. The normalized spacial score (nSPS) is 15.9. The topological polar surface area (TPSA) is 35.6 Å². The molecule has 0 unspecified atom stereocenters. The highest BCUT2D eigenvalue weighted by Crippen LogP contribution is 2.17. The zero-order valence-electron chi connectivity index (χ0n) is 12.7. The predicted octanol–water partition coefficient (Wildman–Crippen LogP) is 1.71. The maximum absolute atomic E-state index is 12.4. The first-order valence-corrected chi connectivity index (χ1v) is 7.30. The summed E-state index contributed by atoms with van der Waals surface area (Å²) in [5.41, 5.74) is 2.36. The van der Waals surface area contributed by atoms with Gasteiger partial charge in [0, 0.05) is 39.3 Å². The fourth-order valence-electron chi connectivity index (χ4n) is 2.63. The quantitative estimate of drug-likeness (QED) is 0.908. The summed E-state index contributed by atoms with van der Waals surface area (Å²) in [6.07, 6.45) is 1.92. The monoisotopic (exact) mass is 275 g/mol. The molecular weight excluding hydrogens is 250 g/mol. The molecule has 0 aromatic heterocycles. The molecule has 0 atom stereocenters. The van der Waals surface area contributed by atoms with Crippen LogP contribution in [0.4, 0.5) is 5.69 Å². The summed E-state index contributed by atoms with van der Waals surface area (Å²) in [6, 6.07) is 8.39. The Balaban J connectivity index is 1.92. The Hall–Kier alpha value is -1.55. The SMILES string of the molecule is CN(Cc1ccc(N(C)C)cc1)C(=O)C1CCNCC1. The lowest BCUT2D eigenvalue weighted by atomic mass is 9.96. The van der Waals surface area contributed by atoms with E-state index in [-0.39, 0.29) is 11.8 Å². The van der Waals surface area contributed by atoms with Gasteiger partial charge in [-0.1, -0.05) is 12.1 Å². The van der Waals surface area contributed by atoms with Crippen molar-refractivity contribution in [2.45, 2.75) is 19.4 Å². The average Bonchev–Trinajstić information content (AvgIpc) is 2.48. The first kappa shape index (κ1) is 14.9. The molecule has 0 saturated carbocycles. The fourth-order valence-corrected chi connectivity index (χ4v) is 2.63. The predicted molar refractivity (Wildman–Crippen MR) is 82.8 cm³/mol. The number of amides is 1. The fraction of sp³-hybridized carbons (Fsp3) is 0.562. The largest absolute Gasteiger partial charge is 0.378 e. The number of hydrogen-bond acceptors (Lipinski definition) is 3. The van der Waals surface area contributed by atoms with Gasteiger partial charge in [0.1, 0.15) is 0 Å². The van der Waals surface area contributed by atoms with Crippen molar-refractivity contribution in [1.82, 2.24) is 10.2 Å². The molecule has 1 aliphatic heterocycles. The maximum Gasteiger partial charge on any atom is 0.225 e. The lowest BCUT2D eigenvalue weighted by Gasteiger charge is -2.27. The van der Waals surface area contributed by atoms with Gasteiger partial charge >= 0.3 is 0 Å². The van der Waals surface area contributed by atoms with Crippen molar-refractivity contribution in [1.29, 1.82) is 0 Å². The van der Waals surface area contributed by atoms with Crippen LogP contribution in [0.1, 0.15) is 18.4 Å². The second kappa shape index (κ2) is 6.75. The molecule has 1 aromatic rings. The molecule has 110 valence electrons. The number of piperidine rings is 1. The summed E-state index contributed by atoms with van der Waals surface area (Å²) in [5.74, 6) is 0.477. The highest BCUT2D eigenvalue weighted by Gasteiger charge is 2.23. The van der Waals surface area contributed by atoms with Crippen molar-refractivity contribution in [3.63, 3.8) is 0 Å². The smallest absolute Gasteiger partial charge is 0.225 e. The van der Waals surface area contributed by atoms with E-state index in [1.165, 1.54) is 11.3 Å². The summed E-state index contributed by atoms with van der Waals surface area (Å²) in [6.45, 7) is 2.61. The first-order valence-electron chi connectivity index (χ1n) is 7.30. The highest BCUT2D eigenvalue weighted by atomic mass is 16.2. The van der Waals surface area contributed by atoms with Gasteiger partial charge in [0.05, 0.1) is 0 Å². The van der Waals surface area contributed by atoms with Crippen LogP contribution in [0.25, 0.3) is 0 Å². The van der Waals surface area contributed by atoms with Crippen molar-refractivity contribution in [2.75, 3.05) is 39.1 Å². The van der Waals surface area contributed by atoms with Gasteiger partial charge in [0.15, 0.2) is 0 Å². The number of rotatable bonds is 4. The van der Waals surface area contributed by atoms with Crippen LogP contribution in [-0.4, -0.2) is 45.0 Å². The van der Waals surface area contributed by atoms with Gasteiger partial charge in [0.2, 0.25) is 5.91 Å². The molecule has 0 bridgehead atoms. The van der Waals surface area contributed by atoms with Crippen LogP contribution in [0.5, 0.6) is 0 Å². The van der Waals surface area contributed by atoms with E-state index in [1.54, 1.807) is 0 Å². The zero-order valence-corrected chi connectivity index (χ0v) is 12.7. The third kappa shape index (κ3) is 3.73. The van der Waals surface area contributed by atoms with Crippen LogP contribution in [-0.2, 0) is 11.3 Å². The molecule has 1 heterocycles. The molecule has 2 rings (SSSR count). The second-order valence-electron chi connectivity index (χ2n) is 5.78. The van der Waals surface area contributed by atoms with Crippen molar-refractivity contribution >= 4 is 11.6 Å². The number of carbonyl (C=O) groups is 1. The van der Waals surface area contributed by atoms with Crippen LogP contribution in [0.3, 0.4) is 0 Å². The van der Waals surface area contributed by atoms with E-state index in [9.17, 15) is 4.79 Å². The Labute approximate surface area is 121 Å². The standard InChI is InChI=1S/C16H25N3O/c1-18(2)15-6-4-13(5-7-15)12-19(3)16(20)14-8-10-17-11-9-14/h4-7,14,17H,8-12H2,1-3H3. The Kier molecular flexibility index (Phi) is 5.01. The minimum atomic E-state index is 0.197. The minimum absolute atomic E-state index is 0.197. The molecule has 1 fully saturated rings. The highest BCUT2D eigenvalue weighted by molar-refractivity contribution is 5.78. The Morgan fingerprint density at radius 1 is 1.15 bits per heavy atom. The van der Waals surface area contributed by atoms with Gasteiger partial charge in [-0.25, -0.2) is 0 Å². The van der Waals surface area contributed by atoms with Gasteiger partial charge < -0.3 is 15.1 Å². The van der Waals surface area contributed by atoms with Crippen LogP contribution in [0, 0.1) is 5.92 Å². The maximum atomic E-state index is 12.4. The molecule has 0 radical (unpaired) electrons. The molecule has 1 N–H and O–H groups in total. The van der Waals surface area contributed by atoms with E-state index in [2.05, 4.69) is 34.5 Å². The molecule has 1 saturated heterocycles. The van der Waals surface area contributed by atoms with Crippen molar-refractivity contribution in [3.8, 4) is 0 Å². The molecule has 0 spiro atoms. The lowest BCUT2D eigenvalue weighted by molar-refractivity contribution is -0.135. The van der Waals surface area contributed by atoms with Gasteiger partial charge in [-0.05, 0) is 43.6 Å². The van der Waals surface area contributed by atoms with Gasteiger partial charge in [-0.2, -0.15) is 0 Å². The van der Waals surface area contributed by atoms with Crippen molar-refractivity contribution in [3.05, 3.63) is 29.8 Å². The first-order chi connectivity index (χ1) is 9.58. The van der Waals surface area contributed by atoms with Crippen LogP contribution < -0.4 is 10.2 Å². The van der Waals surface area contributed by atoms with E-state index >= 15 is 0 Å². The van der Waals surface area contributed by atoms with Crippen molar-refractivity contribution in [2.24, 2.45) is 5.92 Å². The van der Waals surface area contributed by atoms with Gasteiger partial charge in [-0.15, -0.1) is 0 Å². The molecule has 1 amide bonds. The summed E-state index contributed by atoms with van der Waals surface area (Å²) in [7, 11) is 5.97. The third-order valence-electron chi connectivity index (χ3n) is 3.94. The Morgan fingerprint density at radius 3 is 2.30 bits per heavy atom. The van der Waals surface area contributed by atoms with E-state index in [0.29, 0.717) is 6.54 Å². The zero-order chi connectivity index (χ0) is 14.5. The summed E-state index contributed by atoms with van der Waals surface area (Å²) >= 11 is 0. The Morgan fingerprint density at radius 2 is 1.75 bits per heavy atom. The third-order valence-corrected chi connectivity index (χ3v) is 3.94. The molecule has 20 heavy (non-hydrogen) atoms. The van der Waals surface area contributed by atoms with Gasteiger partial charge in [-0.3, -0.25) is 4.79 Å². The summed E-state index contributed by atoms with van der Waals surface area (Å²) < 4.78 is 0. The summed E-state index contributed by atoms with van der Waals surface area (Å²) in [4.78, 5) is 16.3. The van der Waals surface area contributed by atoms with Crippen LogP contribution in [0.2, 0.25) is 0 Å². The average molecular weight is 275 g/mol. The van der Waals surface area contributed by atoms with Gasteiger partial charge in [0.25, 0.3) is 0 Å². The Bertz CT molecular complexity index is 436. The number of benzene rings is 1. The minimum Gasteiger partial charge on any atom is -0.378 e. The number of carbonyl (C=O) groups excluding carboxylic acids is 1. The van der Waals surface area contributed by atoms with E-state index in [1.807, 2.05) is 26.0 Å². The second-order valence-corrected chi connectivity index (χ2v) is 5.78. The molecule has 1 aliphatic rings. The molecular formula is C16H25N3O. The number of nitrogens with zero attached hydrogens (tertiary/aromatic N) is 2. The molecule has 0 aliphatic carbocycles. The number of anilines is 1. The van der Waals surface area contributed by atoms with Crippen LogP contribution >= 0.6 is 0 Å². The molecule has 4 nitrogen and oxygen atoms in total. The van der Waals surface area contributed by atoms with E-state index in [4.69, 9.17) is 0 Å². The number of hydrogen-bond donors (Lipinski definition) is 1. The molecule has 4 heteroatoms. The van der Waals surface area contributed by atoms with Crippen LogP contribution in [0.15, 0.2) is 24.3 Å². The summed E-state index contributed by atoms with van der Waals surface area (Å²) in [5, 5.41) is 3.30. The number of nitrogens with one attached hydrogen (secondary N) is 1.